The predicted molar refractivity (Wildman–Crippen MR) is 89.2 cm³/mol. The highest BCUT2D eigenvalue weighted by Gasteiger charge is 2.30. The lowest BCUT2D eigenvalue weighted by atomic mass is 9.96. The predicted octanol–water partition coefficient (Wildman–Crippen LogP) is 2.76. The summed E-state index contributed by atoms with van der Waals surface area (Å²) < 4.78 is 5.16. The Morgan fingerprint density at radius 3 is 2.62 bits per heavy atom. The lowest BCUT2D eigenvalue weighted by Crippen LogP contribution is -2.45. The molecule has 1 heterocycles. The molecule has 0 aromatic heterocycles. The number of carbonyl (C=O) groups is 1. The van der Waals surface area contributed by atoms with Gasteiger partial charge in [-0.1, -0.05) is 12.1 Å². The van der Waals surface area contributed by atoms with E-state index in [1.54, 1.807) is 18.7 Å². The van der Waals surface area contributed by atoms with Crippen molar-refractivity contribution in [1.29, 1.82) is 0 Å². The highest BCUT2D eigenvalue weighted by Crippen LogP contribution is 2.28. The number of hydrogen-bond acceptors (Lipinski definition) is 4. The molecule has 2 rings (SSSR count). The zero-order chi connectivity index (χ0) is 15.4. The summed E-state index contributed by atoms with van der Waals surface area (Å²) >= 11 is 6.88. The molecule has 1 aromatic rings. The van der Waals surface area contributed by atoms with Crippen LogP contribution >= 0.6 is 24.0 Å². The van der Waals surface area contributed by atoms with Crippen LogP contribution in [0.1, 0.15) is 25.5 Å². The normalized spacial score (nSPS) is 18.0. The van der Waals surface area contributed by atoms with E-state index in [0.29, 0.717) is 17.3 Å². The third-order valence-electron chi connectivity index (χ3n) is 3.21. The van der Waals surface area contributed by atoms with Gasteiger partial charge in [-0.25, -0.2) is 4.79 Å². The lowest BCUT2D eigenvalue weighted by Gasteiger charge is -2.29. The van der Waals surface area contributed by atoms with Gasteiger partial charge in [0.25, 0.3) is 0 Å². The van der Waals surface area contributed by atoms with Gasteiger partial charge >= 0.3 is 5.97 Å². The SMILES string of the molecule is CCOC(=O)C1=C(C)NC(=S)N[C@@H]1c1ccc(SC)cc1. The molecule has 0 saturated heterocycles. The Morgan fingerprint density at radius 2 is 2.05 bits per heavy atom. The molecule has 0 radical (unpaired) electrons. The van der Waals surface area contributed by atoms with Crippen LogP contribution in [0.2, 0.25) is 0 Å². The Hall–Kier alpha value is -1.53. The lowest BCUT2D eigenvalue weighted by molar-refractivity contribution is -0.139. The molecule has 1 atom stereocenters. The van der Waals surface area contributed by atoms with Crippen molar-refractivity contribution in [3.8, 4) is 0 Å². The number of benzene rings is 1. The van der Waals surface area contributed by atoms with Crippen molar-refractivity contribution in [1.82, 2.24) is 10.6 Å². The fraction of sp³-hybridized carbons (Fsp3) is 0.333. The minimum atomic E-state index is -0.323. The Labute approximate surface area is 134 Å². The second-order valence-electron chi connectivity index (χ2n) is 4.56. The summed E-state index contributed by atoms with van der Waals surface area (Å²) in [4.78, 5) is 13.4. The summed E-state index contributed by atoms with van der Waals surface area (Å²) in [6, 6.07) is 7.79. The number of nitrogens with one attached hydrogen (secondary N) is 2. The van der Waals surface area contributed by atoms with Gasteiger partial charge in [-0.05, 0) is 50.0 Å². The van der Waals surface area contributed by atoms with Crippen LogP contribution < -0.4 is 10.6 Å². The molecular weight excluding hydrogens is 304 g/mol. The molecule has 4 nitrogen and oxygen atoms in total. The molecule has 1 aliphatic heterocycles. The van der Waals surface area contributed by atoms with Crippen LogP contribution in [0, 0.1) is 0 Å². The molecule has 21 heavy (non-hydrogen) atoms. The first-order chi connectivity index (χ1) is 10.1. The molecule has 1 aliphatic rings. The first-order valence-electron chi connectivity index (χ1n) is 6.66. The van der Waals surface area contributed by atoms with Gasteiger partial charge in [-0.2, -0.15) is 0 Å². The quantitative estimate of drug-likeness (QED) is 0.505. The highest BCUT2D eigenvalue weighted by molar-refractivity contribution is 7.98. The number of rotatable bonds is 4. The second-order valence-corrected chi connectivity index (χ2v) is 5.85. The molecule has 0 amide bonds. The summed E-state index contributed by atoms with van der Waals surface area (Å²) in [7, 11) is 0. The maximum atomic E-state index is 12.2. The first-order valence-corrected chi connectivity index (χ1v) is 8.29. The van der Waals surface area contributed by atoms with E-state index in [-0.39, 0.29) is 12.0 Å². The fourth-order valence-corrected chi connectivity index (χ4v) is 2.90. The molecule has 0 saturated carbocycles. The highest BCUT2D eigenvalue weighted by atomic mass is 32.2. The van der Waals surface area contributed by atoms with Crippen molar-refractivity contribution in [2.45, 2.75) is 24.8 Å². The number of carbonyl (C=O) groups excluding carboxylic acids is 1. The maximum absolute atomic E-state index is 12.2. The molecule has 6 heteroatoms. The molecule has 0 aliphatic carbocycles. The van der Waals surface area contributed by atoms with E-state index in [1.165, 1.54) is 4.90 Å². The minimum Gasteiger partial charge on any atom is -0.463 e. The van der Waals surface area contributed by atoms with Crippen LogP contribution in [0.5, 0.6) is 0 Å². The average molecular weight is 322 g/mol. The van der Waals surface area contributed by atoms with Gasteiger partial charge in [0.1, 0.15) is 0 Å². The van der Waals surface area contributed by atoms with Crippen molar-refractivity contribution in [3.05, 3.63) is 41.1 Å². The summed E-state index contributed by atoms with van der Waals surface area (Å²) in [5, 5.41) is 6.64. The third-order valence-corrected chi connectivity index (χ3v) is 4.18. The standard InChI is InChI=1S/C15H18N2O2S2/c1-4-19-14(18)12-9(2)16-15(20)17-13(12)10-5-7-11(21-3)8-6-10/h5-8,13H,4H2,1-3H3,(H2,16,17,20)/t13-/m1/s1. The summed E-state index contributed by atoms with van der Waals surface area (Å²) in [6.07, 6.45) is 2.03. The number of ether oxygens (including phenoxy) is 1. The number of esters is 1. The van der Waals surface area contributed by atoms with Crippen molar-refractivity contribution in [2.24, 2.45) is 0 Å². The minimum absolute atomic E-state index is 0.284. The average Bonchev–Trinajstić information content (AvgIpc) is 2.46. The molecular formula is C15H18N2O2S2. The molecule has 0 fully saturated rings. The van der Waals surface area contributed by atoms with E-state index < -0.39 is 0 Å². The van der Waals surface area contributed by atoms with Crippen LogP contribution in [0.3, 0.4) is 0 Å². The van der Waals surface area contributed by atoms with Crippen LogP contribution in [0.25, 0.3) is 0 Å². The number of thiocarbonyl (C=S) groups is 1. The Bertz CT molecular complexity index is 582. The molecule has 2 N–H and O–H groups in total. The summed E-state index contributed by atoms with van der Waals surface area (Å²) in [5.41, 5.74) is 2.29. The van der Waals surface area contributed by atoms with Crippen LogP contribution in [-0.2, 0) is 9.53 Å². The topological polar surface area (TPSA) is 50.4 Å². The summed E-state index contributed by atoms with van der Waals surface area (Å²) in [6.45, 7) is 3.98. The third kappa shape index (κ3) is 3.57. The Kier molecular flexibility index (Phi) is 5.25. The van der Waals surface area contributed by atoms with Gasteiger partial charge in [-0.15, -0.1) is 11.8 Å². The fourth-order valence-electron chi connectivity index (χ4n) is 2.22. The van der Waals surface area contributed by atoms with Crippen LogP contribution in [-0.4, -0.2) is 23.9 Å². The molecule has 1 aromatic carbocycles. The van der Waals surface area contributed by atoms with Gasteiger partial charge in [0.15, 0.2) is 5.11 Å². The van der Waals surface area contributed by atoms with Gasteiger partial charge in [0.05, 0.1) is 18.2 Å². The number of hydrogen-bond donors (Lipinski definition) is 2. The zero-order valence-electron chi connectivity index (χ0n) is 12.2. The Morgan fingerprint density at radius 1 is 1.38 bits per heavy atom. The van der Waals surface area contributed by atoms with Crippen LogP contribution in [0.15, 0.2) is 40.4 Å². The van der Waals surface area contributed by atoms with Crippen LogP contribution in [0.4, 0.5) is 0 Å². The first kappa shape index (κ1) is 15.9. The maximum Gasteiger partial charge on any atom is 0.338 e. The molecule has 0 spiro atoms. The van der Waals surface area contributed by atoms with E-state index in [2.05, 4.69) is 10.6 Å². The van der Waals surface area contributed by atoms with Gasteiger partial charge in [-0.3, -0.25) is 0 Å². The zero-order valence-corrected chi connectivity index (χ0v) is 13.9. The van der Waals surface area contributed by atoms with Gasteiger partial charge < -0.3 is 15.4 Å². The van der Waals surface area contributed by atoms with E-state index in [0.717, 1.165) is 11.3 Å². The van der Waals surface area contributed by atoms with Gasteiger partial charge in [0, 0.05) is 10.6 Å². The van der Waals surface area contributed by atoms with Crippen molar-refractivity contribution in [2.75, 3.05) is 12.9 Å². The van der Waals surface area contributed by atoms with Crippen molar-refractivity contribution in [3.63, 3.8) is 0 Å². The monoisotopic (exact) mass is 322 g/mol. The van der Waals surface area contributed by atoms with Gasteiger partial charge in [0.2, 0.25) is 0 Å². The van der Waals surface area contributed by atoms with E-state index >= 15 is 0 Å². The largest absolute Gasteiger partial charge is 0.463 e. The van der Waals surface area contributed by atoms with E-state index in [1.807, 2.05) is 37.4 Å². The van der Waals surface area contributed by atoms with E-state index in [9.17, 15) is 4.79 Å². The second kappa shape index (κ2) is 6.95. The summed E-state index contributed by atoms with van der Waals surface area (Å²) in [5.74, 6) is -0.323. The molecule has 0 bridgehead atoms. The number of allylic oxidation sites excluding steroid dienone is 1. The molecule has 0 unspecified atom stereocenters. The Balaban J connectivity index is 2.39. The van der Waals surface area contributed by atoms with E-state index in [4.69, 9.17) is 17.0 Å². The molecule has 112 valence electrons. The van der Waals surface area contributed by atoms with Crippen molar-refractivity contribution >= 4 is 35.1 Å². The smallest absolute Gasteiger partial charge is 0.338 e. The van der Waals surface area contributed by atoms with Crippen molar-refractivity contribution < 1.29 is 9.53 Å². The number of thioether (sulfide) groups is 1.